The quantitative estimate of drug-likeness (QED) is 0.399. The maximum absolute atomic E-state index is 10.7. The van der Waals surface area contributed by atoms with Gasteiger partial charge in [0.1, 0.15) is 0 Å². The molecule has 0 atom stereocenters. The number of non-ortho nitro benzene ring substituents is 1. The van der Waals surface area contributed by atoms with Crippen molar-refractivity contribution >= 4 is 23.3 Å². The second-order valence-electron chi connectivity index (χ2n) is 5.75. The monoisotopic (exact) mass is 334 g/mol. The fourth-order valence-electron chi connectivity index (χ4n) is 2.45. The number of nitro groups is 1. The molecule has 0 spiro atoms. The average molecular weight is 334 g/mol. The van der Waals surface area contributed by atoms with Gasteiger partial charge in [0.2, 0.25) is 0 Å². The lowest BCUT2D eigenvalue weighted by atomic mass is 10.2. The van der Waals surface area contributed by atoms with Crippen LogP contribution in [0.15, 0.2) is 71.9 Å². The molecule has 3 rings (SSSR count). The SMILES string of the molecule is CN(C)c1ccc(-n2cccc2C=Nc2ccc([N+](=O)[O-])cc2)cc1. The number of benzene rings is 2. The van der Waals surface area contributed by atoms with Crippen molar-refractivity contribution in [3.8, 4) is 5.69 Å². The normalized spacial score (nSPS) is 11.0. The maximum atomic E-state index is 10.7. The second-order valence-corrected chi connectivity index (χ2v) is 5.75. The molecule has 126 valence electrons. The predicted octanol–water partition coefficient (Wildman–Crippen LogP) is 4.20. The number of rotatable bonds is 5. The van der Waals surface area contributed by atoms with E-state index in [-0.39, 0.29) is 5.69 Å². The van der Waals surface area contributed by atoms with E-state index in [9.17, 15) is 10.1 Å². The Hall–Kier alpha value is -3.41. The zero-order valence-corrected chi connectivity index (χ0v) is 14.0. The molecule has 2 aromatic carbocycles. The van der Waals surface area contributed by atoms with Gasteiger partial charge in [-0.25, -0.2) is 0 Å². The van der Waals surface area contributed by atoms with Gasteiger partial charge in [-0.3, -0.25) is 15.1 Å². The summed E-state index contributed by atoms with van der Waals surface area (Å²) in [6, 6.07) is 18.3. The largest absolute Gasteiger partial charge is 0.378 e. The molecule has 0 N–H and O–H groups in total. The first-order valence-electron chi connectivity index (χ1n) is 7.78. The van der Waals surface area contributed by atoms with Gasteiger partial charge in [0.15, 0.2) is 0 Å². The number of nitrogens with zero attached hydrogens (tertiary/aromatic N) is 4. The Labute approximate surface area is 145 Å². The molecule has 0 aliphatic rings. The van der Waals surface area contributed by atoms with Crippen LogP contribution in [0.2, 0.25) is 0 Å². The van der Waals surface area contributed by atoms with Crippen LogP contribution in [0.4, 0.5) is 17.1 Å². The molecule has 0 amide bonds. The number of aromatic nitrogens is 1. The van der Waals surface area contributed by atoms with E-state index in [0.29, 0.717) is 5.69 Å². The standard InChI is InChI=1S/C19H18N4O2/c1-21(2)16-9-11-17(12-10-16)22-13-3-4-19(22)14-20-15-5-7-18(8-6-15)23(24)25/h3-14H,1-2H3. The smallest absolute Gasteiger partial charge is 0.269 e. The molecule has 1 aromatic heterocycles. The zero-order valence-electron chi connectivity index (χ0n) is 14.0. The Kier molecular flexibility index (Phi) is 4.61. The van der Waals surface area contributed by atoms with E-state index in [4.69, 9.17) is 0 Å². The van der Waals surface area contributed by atoms with Crippen molar-refractivity contribution in [1.29, 1.82) is 0 Å². The van der Waals surface area contributed by atoms with Crippen LogP contribution >= 0.6 is 0 Å². The van der Waals surface area contributed by atoms with Crippen LogP contribution in [-0.4, -0.2) is 29.8 Å². The Morgan fingerprint density at radius 3 is 2.32 bits per heavy atom. The van der Waals surface area contributed by atoms with E-state index >= 15 is 0 Å². The van der Waals surface area contributed by atoms with Crippen LogP contribution in [0.25, 0.3) is 5.69 Å². The summed E-state index contributed by atoms with van der Waals surface area (Å²) < 4.78 is 2.04. The molecule has 25 heavy (non-hydrogen) atoms. The van der Waals surface area contributed by atoms with Gasteiger partial charge in [0.05, 0.1) is 22.5 Å². The summed E-state index contributed by atoms with van der Waals surface area (Å²) in [4.78, 5) is 16.7. The van der Waals surface area contributed by atoms with Crippen molar-refractivity contribution < 1.29 is 4.92 Å². The highest BCUT2D eigenvalue weighted by molar-refractivity contribution is 5.81. The van der Waals surface area contributed by atoms with E-state index in [1.165, 1.54) is 12.1 Å². The molecule has 3 aromatic rings. The fraction of sp³-hybridized carbons (Fsp3) is 0.105. The molecule has 1 heterocycles. The number of hydrogen-bond donors (Lipinski definition) is 0. The Morgan fingerprint density at radius 1 is 1.04 bits per heavy atom. The van der Waals surface area contributed by atoms with E-state index in [1.54, 1.807) is 18.3 Å². The van der Waals surface area contributed by atoms with Crippen LogP contribution in [0.1, 0.15) is 5.69 Å². The van der Waals surface area contributed by atoms with E-state index < -0.39 is 4.92 Å². The van der Waals surface area contributed by atoms with Gasteiger partial charge in [-0.05, 0) is 48.5 Å². The molecule has 0 unspecified atom stereocenters. The lowest BCUT2D eigenvalue weighted by Crippen LogP contribution is -2.08. The Morgan fingerprint density at radius 2 is 1.72 bits per heavy atom. The van der Waals surface area contributed by atoms with Crippen molar-refractivity contribution in [3.05, 3.63) is 82.7 Å². The van der Waals surface area contributed by atoms with Gasteiger partial charge in [-0.15, -0.1) is 0 Å². The van der Waals surface area contributed by atoms with Crippen molar-refractivity contribution in [3.63, 3.8) is 0 Å². The highest BCUT2D eigenvalue weighted by Gasteiger charge is 2.04. The molecule has 0 bridgehead atoms. The molecule has 0 saturated heterocycles. The highest BCUT2D eigenvalue weighted by atomic mass is 16.6. The molecule has 0 aliphatic carbocycles. The van der Waals surface area contributed by atoms with Gasteiger partial charge in [-0.1, -0.05) is 0 Å². The lowest BCUT2D eigenvalue weighted by Gasteiger charge is -2.13. The summed E-state index contributed by atoms with van der Waals surface area (Å²) in [6.45, 7) is 0. The molecule has 0 saturated carbocycles. The Bertz CT molecular complexity index is 894. The molecule has 0 aliphatic heterocycles. The first-order valence-corrected chi connectivity index (χ1v) is 7.78. The van der Waals surface area contributed by atoms with Crippen LogP contribution in [-0.2, 0) is 0 Å². The van der Waals surface area contributed by atoms with Crippen molar-refractivity contribution in [2.45, 2.75) is 0 Å². The third-order valence-electron chi connectivity index (χ3n) is 3.83. The van der Waals surface area contributed by atoms with Gasteiger partial charge in [-0.2, -0.15) is 0 Å². The topological polar surface area (TPSA) is 63.7 Å². The number of anilines is 1. The van der Waals surface area contributed by atoms with Gasteiger partial charge < -0.3 is 9.47 Å². The third kappa shape index (κ3) is 3.74. The number of aliphatic imine (C=N–C) groups is 1. The third-order valence-corrected chi connectivity index (χ3v) is 3.83. The molecular weight excluding hydrogens is 316 g/mol. The van der Waals surface area contributed by atoms with E-state index in [1.807, 2.05) is 37.0 Å². The zero-order chi connectivity index (χ0) is 17.8. The summed E-state index contributed by atoms with van der Waals surface area (Å²) in [6.07, 6.45) is 3.73. The van der Waals surface area contributed by atoms with Crippen LogP contribution in [0.3, 0.4) is 0 Å². The van der Waals surface area contributed by atoms with E-state index in [2.05, 4.69) is 34.2 Å². The molecular formula is C19H18N4O2. The average Bonchev–Trinajstić information content (AvgIpc) is 3.09. The van der Waals surface area contributed by atoms with Gasteiger partial charge in [0, 0.05) is 43.8 Å². The minimum atomic E-state index is -0.421. The molecule has 0 radical (unpaired) electrons. The first kappa shape index (κ1) is 16.4. The summed E-state index contributed by atoms with van der Waals surface area (Å²) in [7, 11) is 4.01. The minimum absolute atomic E-state index is 0.0586. The summed E-state index contributed by atoms with van der Waals surface area (Å²) >= 11 is 0. The van der Waals surface area contributed by atoms with Crippen molar-refractivity contribution in [1.82, 2.24) is 4.57 Å². The molecule has 6 heteroatoms. The van der Waals surface area contributed by atoms with Crippen molar-refractivity contribution in [2.75, 3.05) is 19.0 Å². The lowest BCUT2D eigenvalue weighted by molar-refractivity contribution is -0.384. The first-order chi connectivity index (χ1) is 12.0. The van der Waals surface area contributed by atoms with Gasteiger partial charge in [0.25, 0.3) is 5.69 Å². The number of nitro benzene ring substituents is 1. The van der Waals surface area contributed by atoms with Crippen LogP contribution in [0, 0.1) is 10.1 Å². The molecule has 6 nitrogen and oxygen atoms in total. The summed E-state index contributed by atoms with van der Waals surface area (Å²) in [5, 5.41) is 10.7. The highest BCUT2D eigenvalue weighted by Crippen LogP contribution is 2.19. The molecule has 0 fully saturated rings. The Balaban J connectivity index is 1.82. The number of hydrogen-bond acceptors (Lipinski definition) is 4. The predicted molar refractivity (Wildman–Crippen MR) is 100 cm³/mol. The minimum Gasteiger partial charge on any atom is -0.378 e. The van der Waals surface area contributed by atoms with Crippen LogP contribution in [0.5, 0.6) is 0 Å². The fourth-order valence-corrected chi connectivity index (χ4v) is 2.45. The van der Waals surface area contributed by atoms with E-state index in [0.717, 1.165) is 17.1 Å². The van der Waals surface area contributed by atoms with Gasteiger partial charge >= 0.3 is 0 Å². The summed E-state index contributed by atoms with van der Waals surface area (Å²) in [5.41, 5.74) is 3.83. The maximum Gasteiger partial charge on any atom is 0.269 e. The van der Waals surface area contributed by atoms with Crippen molar-refractivity contribution in [2.24, 2.45) is 4.99 Å². The summed E-state index contributed by atoms with van der Waals surface area (Å²) in [5.74, 6) is 0. The second kappa shape index (κ2) is 7.00. The van der Waals surface area contributed by atoms with Crippen LogP contribution < -0.4 is 4.90 Å².